The molecule has 1 N–H and O–H groups in total. The van der Waals surface area contributed by atoms with Gasteiger partial charge in [0.25, 0.3) is 5.91 Å². The molecule has 0 atom stereocenters. The lowest BCUT2D eigenvalue weighted by Crippen LogP contribution is -2.40. The monoisotopic (exact) mass is 452 g/mol. The van der Waals surface area contributed by atoms with E-state index in [1.807, 2.05) is 12.1 Å². The summed E-state index contributed by atoms with van der Waals surface area (Å²) >= 11 is 3.34. The molecule has 27 heavy (non-hydrogen) atoms. The fraction of sp³-hybridized carbons (Fsp3) is 0.316. The highest BCUT2D eigenvalue weighted by Gasteiger charge is 2.25. The molecular weight excluding hydrogens is 432 g/mol. The second kappa shape index (κ2) is 8.97. The third-order valence-corrected chi connectivity index (χ3v) is 6.78. The summed E-state index contributed by atoms with van der Waals surface area (Å²) in [4.78, 5) is 12.4. The van der Waals surface area contributed by atoms with Crippen LogP contribution in [0.15, 0.2) is 57.9 Å². The molecule has 144 valence electrons. The van der Waals surface area contributed by atoms with Crippen LogP contribution in [0.5, 0.6) is 0 Å². The molecule has 3 rings (SSSR count). The highest BCUT2D eigenvalue weighted by molar-refractivity contribution is 9.10. The van der Waals surface area contributed by atoms with Crippen LogP contribution in [-0.2, 0) is 21.2 Å². The van der Waals surface area contributed by atoms with E-state index >= 15 is 0 Å². The molecule has 0 aromatic heterocycles. The number of ether oxygens (including phenoxy) is 1. The topological polar surface area (TPSA) is 75.7 Å². The van der Waals surface area contributed by atoms with Gasteiger partial charge in [-0.25, -0.2) is 8.42 Å². The van der Waals surface area contributed by atoms with E-state index in [0.29, 0.717) is 44.8 Å². The van der Waals surface area contributed by atoms with Crippen LogP contribution in [0.3, 0.4) is 0 Å². The van der Waals surface area contributed by atoms with Crippen LogP contribution < -0.4 is 5.32 Å². The first-order valence-corrected chi connectivity index (χ1v) is 10.9. The second-order valence-electron chi connectivity index (χ2n) is 6.17. The molecule has 0 spiro atoms. The van der Waals surface area contributed by atoms with Crippen LogP contribution >= 0.6 is 15.9 Å². The second-order valence-corrected chi connectivity index (χ2v) is 9.03. The number of nitrogens with one attached hydrogen (secondary N) is 1. The standard InChI is InChI=1S/C19H21BrN2O4S/c20-17-5-3-16(4-6-17)19(23)21-10-9-15-1-7-18(8-2-15)27(24,25)22-11-13-26-14-12-22/h1-8H,9-14H2,(H,21,23). The first-order valence-electron chi connectivity index (χ1n) is 8.67. The highest BCUT2D eigenvalue weighted by Crippen LogP contribution is 2.18. The van der Waals surface area contributed by atoms with Crippen molar-refractivity contribution in [1.82, 2.24) is 9.62 Å². The molecule has 8 heteroatoms. The summed E-state index contributed by atoms with van der Waals surface area (Å²) in [5.41, 5.74) is 1.57. The zero-order valence-electron chi connectivity index (χ0n) is 14.7. The van der Waals surface area contributed by atoms with Gasteiger partial charge in [0, 0.05) is 29.7 Å². The third-order valence-electron chi connectivity index (χ3n) is 4.34. The van der Waals surface area contributed by atoms with Crippen molar-refractivity contribution in [3.63, 3.8) is 0 Å². The van der Waals surface area contributed by atoms with Gasteiger partial charge in [-0.05, 0) is 48.4 Å². The van der Waals surface area contributed by atoms with Crippen molar-refractivity contribution in [2.24, 2.45) is 0 Å². The molecule has 2 aromatic carbocycles. The smallest absolute Gasteiger partial charge is 0.251 e. The number of hydrogen-bond donors (Lipinski definition) is 1. The van der Waals surface area contributed by atoms with E-state index in [-0.39, 0.29) is 10.8 Å². The van der Waals surface area contributed by atoms with Crippen molar-refractivity contribution in [3.8, 4) is 0 Å². The van der Waals surface area contributed by atoms with Crippen LogP contribution in [0.2, 0.25) is 0 Å². The molecule has 2 aromatic rings. The average molecular weight is 453 g/mol. The molecule has 0 saturated carbocycles. The minimum Gasteiger partial charge on any atom is -0.379 e. The molecule has 1 saturated heterocycles. The van der Waals surface area contributed by atoms with Gasteiger partial charge in [-0.2, -0.15) is 4.31 Å². The van der Waals surface area contributed by atoms with Gasteiger partial charge >= 0.3 is 0 Å². The molecule has 0 unspecified atom stereocenters. The Labute approximate surface area is 167 Å². The third kappa shape index (κ3) is 5.16. The van der Waals surface area contributed by atoms with E-state index in [4.69, 9.17) is 4.74 Å². The Morgan fingerprint density at radius 3 is 2.30 bits per heavy atom. The van der Waals surface area contributed by atoms with Crippen LogP contribution in [0.25, 0.3) is 0 Å². The molecule has 0 bridgehead atoms. The first kappa shape index (κ1) is 20.0. The molecule has 1 heterocycles. The zero-order valence-corrected chi connectivity index (χ0v) is 17.1. The molecular formula is C19H21BrN2O4S. The van der Waals surface area contributed by atoms with Crippen LogP contribution in [-0.4, -0.2) is 51.5 Å². The summed E-state index contributed by atoms with van der Waals surface area (Å²) in [5, 5.41) is 2.87. The van der Waals surface area contributed by atoms with E-state index in [0.717, 1.165) is 10.0 Å². The van der Waals surface area contributed by atoms with Crippen LogP contribution in [0.1, 0.15) is 15.9 Å². The zero-order chi connectivity index (χ0) is 19.3. The number of carbonyl (C=O) groups excluding carboxylic acids is 1. The minimum atomic E-state index is -3.47. The number of carbonyl (C=O) groups is 1. The fourth-order valence-corrected chi connectivity index (χ4v) is 4.46. The Bertz CT molecular complexity index is 877. The largest absolute Gasteiger partial charge is 0.379 e. The van der Waals surface area contributed by atoms with Gasteiger partial charge in [-0.1, -0.05) is 28.1 Å². The number of halogens is 1. The summed E-state index contributed by atoms with van der Waals surface area (Å²) in [6.07, 6.45) is 0.625. The van der Waals surface area contributed by atoms with E-state index in [2.05, 4.69) is 21.2 Å². The van der Waals surface area contributed by atoms with E-state index < -0.39 is 10.0 Å². The maximum absolute atomic E-state index is 12.6. The van der Waals surface area contributed by atoms with E-state index in [9.17, 15) is 13.2 Å². The van der Waals surface area contributed by atoms with Crippen molar-refractivity contribution in [1.29, 1.82) is 0 Å². The fourth-order valence-electron chi connectivity index (χ4n) is 2.79. The molecule has 1 amide bonds. The van der Waals surface area contributed by atoms with Gasteiger partial charge in [0.05, 0.1) is 18.1 Å². The van der Waals surface area contributed by atoms with Gasteiger partial charge < -0.3 is 10.1 Å². The Morgan fingerprint density at radius 1 is 1.04 bits per heavy atom. The maximum atomic E-state index is 12.6. The van der Waals surface area contributed by atoms with E-state index in [1.54, 1.807) is 36.4 Å². The maximum Gasteiger partial charge on any atom is 0.251 e. The highest BCUT2D eigenvalue weighted by atomic mass is 79.9. The summed E-state index contributed by atoms with van der Waals surface area (Å²) in [5.74, 6) is -0.131. The van der Waals surface area contributed by atoms with Crippen LogP contribution in [0.4, 0.5) is 0 Å². The van der Waals surface area contributed by atoms with Gasteiger partial charge in [-0.3, -0.25) is 4.79 Å². The first-order chi connectivity index (χ1) is 13.0. The normalized spacial score (nSPS) is 15.4. The van der Waals surface area contributed by atoms with Gasteiger partial charge in [0.1, 0.15) is 0 Å². The number of hydrogen-bond acceptors (Lipinski definition) is 4. The summed E-state index contributed by atoms with van der Waals surface area (Å²) in [6, 6.07) is 14.0. The Hall–Kier alpha value is -1.74. The summed E-state index contributed by atoms with van der Waals surface area (Å²) < 4.78 is 32.8. The summed E-state index contributed by atoms with van der Waals surface area (Å²) in [6.45, 7) is 2.09. The predicted molar refractivity (Wildman–Crippen MR) is 106 cm³/mol. The molecule has 6 nitrogen and oxygen atoms in total. The number of morpholine rings is 1. The van der Waals surface area contributed by atoms with Crippen molar-refractivity contribution in [3.05, 3.63) is 64.1 Å². The molecule has 1 aliphatic heterocycles. The van der Waals surface area contributed by atoms with Crippen molar-refractivity contribution in [2.45, 2.75) is 11.3 Å². The number of amides is 1. The molecule has 1 aliphatic rings. The lowest BCUT2D eigenvalue weighted by molar-refractivity contribution is 0.0730. The van der Waals surface area contributed by atoms with Gasteiger partial charge in [0.2, 0.25) is 10.0 Å². The molecule has 0 radical (unpaired) electrons. The molecule has 1 fully saturated rings. The predicted octanol–water partition coefficient (Wildman–Crippen LogP) is 2.44. The van der Waals surface area contributed by atoms with Crippen molar-refractivity contribution >= 4 is 31.9 Å². The number of nitrogens with zero attached hydrogens (tertiary/aromatic N) is 1. The van der Waals surface area contributed by atoms with Gasteiger partial charge in [-0.15, -0.1) is 0 Å². The van der Waals surface area contributed by atoms with Crippen molar-refractivity contribution < 1.29 is 17.9 Å². The van der Waals surface area contributed by atoms with Gasteiger partial charge in [0.15, 0.2) is 0 Å². The summed E-state index contributed by atoms with van der Waals surface area (Å²) in [7, 11) is -3.47. The Kier molecular flexibility index (Phi) is 6.64. The minimum absolute atomic E-state index is 0.131. The Morgan fingerprint density at radius 2 is 1.67 bits per heavy atom. The van der Waals surface area contributed by atoms with Crippen molar-refractivity contribution in [2.75, 3.05) is 32.8 Å². The number of sulfonamides is 1. The quantitative estimate of drug-likeness (QED) is 0.729. The number of benzene rings is 2. The Balaban J connectivity index is 1.54. The lowest BCUT2D eigenvalue weighted by Gasteiger charge is -2.26. The van der Waals surface area contributed by atoms with Crippen LogP contribution in [0, 0.1) is 0 Å². The molecule has 0 aliphatic carbocycles. The number of rotatable bonds is 6. The SMILES string of the molecule is O=C(NCCc1ccc(S(=O)(=O)N2CCOCC2)cc1)c1ccc(Br)cc1. The van der Waals surface area contributed by atoms with E-state index in [1.165, 1.54) is 4.31 Å². The average Bonchev–Trinajstić information content (AvgIpc) is 2.69. The lowest BCUT2D eigenvalue weighted by atomic mass is 10.1.